The number of esters is 1. The largest absolute Gasteiger partial charge is 0.467 e. The van der Waals surface area contributed by atoms with Crippen LogP contribution in [-0.4, -0.2) is 18.6 Å². The molecule has 2 aliphatic heterocycles. The van der Waals surface area contributed by atoms with Gasteiger partial charge in [0.2, 0.25) is 0 Å². The maximum Gasteiger partial charge on any atom is 0.338 e. The van der Waals surface area contributed by atoms with Crippen molar-refractivity contribution >= 4 is 12.0 Å². The third-order valence-corrected chi connectivity index (χ3v) is 2.55. The molecule has 2 amide bonds. The van der Waals surface area contributed by atoms with E-state index in [2.05, 4.69) is 10.6 Å². The smallest absolute Gasteiger partial charge is 0.338 e. The minimum Gasteiger partial charge on any atom is -0.467 e. The van der Waals surface area contributed by atoms with Crippen LogP contribution < -0.4 is 10.6 Å². The summed E-state index contributed by atoms with van der Waals surface area (Å²) in [6.07, 6.45) is 1.49. The van der Waals surface area contributed by atoms with E-state index in [1.807, 2.05) is 0 Å². The molecule has 1 unspecified atom stereocenters. The van der Waals surface area contributed by atoms with E-state index in [9.17, 15) is 9.59 Å². The van der Waals surface area contributed by atoms with Crippen molar-refractivity contribution in [2.45, 2.75) is 6.04 Å². The molecule has 2 N–H and O–H groups in total. The molecule has 1 atom stereocenters. The zero-order chi connectivity index (χ0) is 11.1. The number of cyclic esters (lactones) is 1. The Kier molecular flexibility index (Phi) is 1.76. The fourth-order valence-electron chi connectivity index (χ4n) is 1.86. The molecule has 0 aromatic carbocycles. The molecule has 0 fully saturated rings. The third kappa shape index (κ3) is 1.19. The Labute approximate surface area is 90.3 Å². The van der Waals surface area contributed by atoms with Crippen LogP contribution in [0.1, 0.15) is 11.8 Å². The molecule has 0 saturated heterocycles. The highest BCUT2D eigenvalue weighted by atomic mass is 16.5. The van der Waals surface area contributed by atoms with Gasteiger partial charge in [0.15, 0.2) is 0 Å². The first-order valence-electron chi connectivity index (χ1n) is 4.77. The highest BCUT2D eigenvalue weighted by Crippen LogP contribution is 2.30. The van der Waals surface area contributed by atoms with Gasteiger partial charge in [0.05, 0.1) is 17.5 Å². The van der Waals surface area contributed by atoms with E-state index in [-0.39, 0.29) is 12.6 Å². The predicted octanol–water partition coefficient (Wildman–Crippen LogP) is 0.444. The second kappa shape index (κ2) is 3.13. The molecule has 0 saturated carbocycles. The lowest BCUT2D eigenvalue weighted by Gasteiger charge is -2.22. The van der Waals surface area contributed by atoms with Gasteiger partial charge < -0.3 is 19.8 Å². The number of hydrogen-bond donors (Lipinski definition) is 2. The van der Waals surface area contributed by atoms with Crippen LogP contribution in [0.5, 0.6) is 0 Å². The summed E-state index contributed by atoms with van der Waals surface area (Å²) in [5.74, 6) is 0.0881. The second-order valence-electron chi connectivity index (χ2n) is 3.52. The summed E-state index contributed by atoms with van der Waals surface area (Å²) in [7, 11) is 0. The maximum absolute atomic E-state index is 11.5. The molecule has 0 aliphatic carbocycles. The number of amides is 2. The number of ether oxygens (including phenoxy) is 1. The Balaban J connectivity index is 2.07. The monoisotopic (exact) mass is 220 g/mol. The zero-order valence-corrected chi connectivity index (χ0v) is 8.15. The Bertz CT molecular complexity index is 489. The van der Waals surface area contributed by atoms with Gasteiger partial charge in [-0.3, -0.25) is 0 Å². The average molecular weight is 220 g/mol. The van der Waals surface area contributed by atoms with E-state index in [1.165, 1.54) is 6.26 Å². The lowest BCUT2D eigenvalue weighted by molar-refractivity contribution is -0.136. The molecule has 16 heavy (non-hydrogen) atoms. The van der Waals surface area contributed by atoms with E-state index in [0.717, 1.165) is 0 Å². The molecule has 0 bridgehead atoms. The van der Waals surface area contributed by atoms with E-state index in [4.69, 9.17) is 9.15 Å². The molecule has 82 valence electrons. The lowest BCUT2D eigenvalue weighted by atomic mass is 10.0. The van der Waals surface area contributed by atoms with E-state index in [1.54, 1.807) is 12.1 Å². The highest BCUT2D eigenvalue weighted by molar-refractivity contribution is 5.97. The quantitative estimate of drug-likeness (QED) is 0.673. The summed E-state index contributed by atoms with van der Waals surface area (Å²) < 4.78 is 10.1. The van der Waals surface area contributed by atoms with Crippen LogP contribution in [0.2, 0.25) is 0 Å². The molecule has 3 heterocycles. The van der Waals surface area contributed by atoms with Gasteiger partial charge in [-0.2, -0.15) is 0 Å². The van der Waals surface area contributed by atoms with Crippen molar-refractivity contribution in [1.29, 1.82) is 0 Å². The molecule has 0 spiro atoms. The summed E-state index contributed by atoms with van der Waals surface area (Å²) in [5, 5.41) is 5.16. The Morgan fingerprint density at radius 1 is 1.38 bits per heavy atom. The van der Waals surface area contributed by atoms with Crippen molar-refractivity contribution in [2.75, 3.05) is 6.61 Å². The van der Waals surface area contributed by atoms with E-state index < -0.39 is 12.0 Å². The molecule has 6 heteroatoms. The van der Waals surface area contributed by atoms with Gasteiger partial charge in [0.25, 0.3) is 0 Å². The third-order valence-electron chi connectivity index (χ3n) is 2.55. The van der Waals surface area contributed by atoms with Crippen molar-refractivity contribution in [3.63, 3.8) is 0 Å². The van der Waals surface area contributed by atoms with E-state index >= 15 is 0 Å². The van der Waals surface area contributed by atoms with Crippen LogP contribution in [0.4, 0.5) is 4.79 Å². The van der Waals surface area contributed by atoms with Crippen LogP contribution in [0, 0.1) is 0 Å². The topological polar surface area (TPSA) is 80.6 Å². The number of urea groups is 1. The SMILES string of the molecule is O=C1NC2=C(C(=O)OC2)C(c2ccco2)N1. The summed E-state index contributed by atoms with van der Waals surface area (Å²) in [4.78, 5) is 22.9. The Morgan fingerprint density at radius 3 is 3.00 bits per heavy atom. The first kappa shape index (κ1) is 9.02. The fraction of sp³-hybridized carbons (Fsp3) is 0.200. The standard InChI is InChI=1S/C10H8N2O4/c13-9-7-5(4-16-9)11-10(14)12-8(7)6-2-1-3-15-6/h1-3,8H,4H2,(H2,11,12,14). The van der Waals surface area contributed by atoms with Crippen molar-refractivity contribution < 1.29 is 18.7 Å². The van der Waals surface area contributed by atoms with Crippen molar-refractivity contribution in [2.24, 2.45) is 0 Å². The van der Waals surface area contributed by atoms with E-state index in [0.29, 0.717) is 17.0 Å². The van der Waals surface area contributed by atoms with Crippen LogP contribution in [-0.2, 0) is 9.53 Å². The minimum absolute atomic E-state index is 0.110. The average Bonchev–Trinajstić information content (AvgIpc) is 2.87. The summed E-state index contributed by atoms with van der Waals surface area (Å²) in [6, 6.07) is 2.48. The lowest BCUT2D eigenvalue weighted by Crippen LogP contribution is -2.44. The summed E-state index contributed by atoms with van der Waals surface area (Å²) in [5.41, 5.74) is 0.921. The van der Waals surface area contributed by atoms with Crippen LogP contribution >= 0.6 is 0 Å². The summed E-state index contributed by atoms with van der Waals surface area (Å²) in [6.45, 7) is 0.110. The van der Waals surface area contributed by atoms with Crippen LogP contribution in [0.15, 0.2) is 34.1 Å². The van der Waals surface area contributed by atoms with Crippen molar-refractivity contribution in [3.05, 3.63) is 35.4 Å². The number of hydrogen-bond acceptors (Lipinski definition) is 4. The Morgan fingerprint density at radius 2 is 2.25 bits per heavy atom. The maximum atomic E-state index is 11.5. The molecular weight excluding hydrogens is 212 g/mol. The van der Waals surface area contributed by atoms with Crippen LogP contribution in [0.25, 0.3) is 0 Å². The van der Waals surface area contributed by atoms with Gasteiger partial charge in [0, 0.05) is 0 Å². The van der Waals surface area contributed by atoms with Gasteiger partial charge >= 0.3 is 12.0 Å². The van der Waals surface area contributed by atoms with Gasteiger partial charge in [-0.05, 0) is 12.1 Å². The number of carbonyl (C=O) groups is 2. The van der Waals surface area contributed by atoms with Crippen molar-refractivity contribution in [1.82, 2.24) is 10.6 Å². The molecule has 1 aromatic rings. The molecule has 3 rings (SSSR count). The summed E-state index contributed by atoms with van der Waals surface area (Å²) >= 11 is 0. The normalized spacial score (nSPS) is 23.6. The number of rotatable bonds is 1. The van der Waals surface area contributed by atoms with Crippen molar-refractivity contribution in [3.8, 4) is 0 Å². The molecular formula is C10H8N2O4. The van der Waals surface area contributed by atoms with Gasteiger partial charge in [-0.15, -0.1) is 0 Å². The molecule has 0 radical (unpaired) electrons. The number of furan rings is 1. The number of nitrogens with one attached hydrogen (secondary N) is 2. The Hall–Kier alpha value is -2.24. The zero-order valence-electron chi connectivity index (χ0n) is 8.15. The number of carbonyl (C=O) groups excluding carboxylic acids is 2. The van der Waals surface area contributed by atoms with Gasteiger partial charge in [-0.25, -0.2) is 9.59 Å². The minimum atomic E-state index is -0.561. The van der Waals surface area contributed by atoms with Gasteiger partial charge in [-0.1, -0.05) is 0 Å². The second-order valence-corrected chi connectivity index (χ2v) is 3.52. The first-order chi connectivity index (χ1) is 7.75. The fourth-order valence-corrected chi connectivity index (χ4v) is 1.86. The molecule has 1 aromatic heterocycles. The molecule has 6 nitrogen and oxygen atoms in total. The predicted molar refractivity (Wildman–Crippen MR) is 51.1 cm³/mol. The van der Waals surface area contributed by atoms with Crippen LogP contribution in [0.3, 0.4) is 0 Å². The highest BCUT2D eigenvalue weighted by Gasteiger charge is 2.39. The first-order valence-corrected chi connectivity index (χ1v) is 4.77. The van der Waals surface area contributed by atoms with Gasteiger partial charge in [0.1, 0.15) is 18.4 Å². The molecule has 2 aliphatic rings.